The van der Waals surface area contributed by atoms with Gasteiger partial charge in [0, 0.05) is 18.1 Å². The maximum Gasteiger partial charge on any atom is 0.308 e. The molecule has 0 amide bonds. The molecule has 0 radical (unpaired) electrons. The number of hydrogen-bond acceptors (Lipinski definition) is 2. The first-order valence-corrected chi connectivity index (χ1v) is 5.11. The molecule has 0 aromatic rings. The summed E-state index contributed by atoms with van der Waals surface area (Å²) < 4.78 is 0. The summed E-state index contributed by atoms with van der Waals surface area (Å²) in [6.07, 6.45) is 3.16. The van der Waals surface area contributed by atoms with Gasteiger partial charge in [-0.3, -0.25) is 9.69 Å². The fourth-order valence-corrected chi connectivity index (χ4v) is 3.10. The van der Waals surface area contributed by atoms with Crippen molar-refractivity contribution in [2.75, 3.05) is 0 Å². The summed E-state index contributed by atoms with van der Waals surface area (Å²) in [5, 5.41) is 9.01. The molecule has 2 aliphatic rings. The highest BCUT2D eigenvalue weighted by Gasteiger charge is 2.49. The first-order valence-electron chi connectivity index (χ1n) is 5.11. The molecule has 2 heterocycles. The monoisotopic (exact) mass is 183 g/mol. The highest BCUT2D eigenvalue weighted by Crippen LogP contribution is 2.42. The Morgan fingerprint density at radius 3 is 2.54 bits per heavy atom. The molecule has 2 bridgehead atoms. The Labute approximate surface area is 78.7 Å². The van der Waals surface area contributed by atoms with Crippen LogP contribution in [0.4, 0.5) is 0 Å². The van der Waals surface area contributed by atoms with Gasteiger partial charge in [-0.25, -0.2) is 0 Å². The minimum atomic E-state index is -0.599. The fraction of sp³-hybridized carbons (Fsp3) is 0.900. The molecule has 2 saturated heterocycles. The third kappa shape index (κ3) is 1.26. The molecule has 2 fully saturated rings. The molecule has 74 valence electrons. The highest BCUT2D eigenvalue weighted by molar-refractivity contribution is 5.71. The molecule has 0 aliphatic carbocycles. The summed E-state index contributed by atoms with van der Waals surface area (Å²) >= 11 is 0. The molecule has 3 heteroatoms. The predicted molar refractivity (Wildman–Crippen MR) is 49.5 cm³/mol. The van der Waals surface area contributed by atoms with Gasteiger partial charge in [0.2, 0.25) is 0 Å². The summed E-state index contributed by atoms with van der Waals surface area (Å²) in [4.78, 5) is 13.3. The Hall–Kier alpha value is -0.570. The van der Waals surface area contributed by atoms with Crippen molar-refractivity contribution in [3.63, 3.8) is 0 Å². The van der Waals surface area contributed by atoms with Crippen LogP contribution < -0.4 is 0 Å². The van der Waals surface area contributed by atoms with Crippen molar-refractivity contribution in [3.05, 3.63) is 0 Å². The quantitative estimate of drug-likeness (QED) is 0.702. The first kappa shape index (κ1) is 9.00. The van der Waals surface area contributed by atoms with Crippen molar-refractivity contribution in [2.45, 2.75) is 51.2 Å². The number of carboxylic acid groups (broad SMARTS) is 1. The van der Waals surface area contributed by atoms with Gasteiger partial charge in [-0.1, -0.05) is 0 Å². The van der Waals surface area contributed by atoms with E-state index in [-0.39, 0.29) is 5.92 Å². The zero-order valence-electron chi connectivity index (χ0n) is 8.23. The van der Waals surface area contributed by atoms with Crippen LogP contribution in [0.2, 0.25) is 0 Å². The van der Waals surface area contributed by atoms with Crippen LogP contribution in [-0.2, 0) is 4.79 Å². The third-order valence-corrected chi connectivity index (χ3v) is 3.50. The van der Waals surface area contributed by atoms with Crippen LogP contribution in [0.25, 0.3) is 0 Å². The van der Waals surface area contributed by atoms with Crippen molar-refractivity contribution < 1.29 is 9.90 Å². The van der Waals surface area contributed by atoms with Gasteiger partial charge in [-0.2, -0.15) is 0 Å². The molecule has 3 nitrogen and oxygen atoms in total. The molecule has 0 spiro atoms. The minimum Gasteiger partial charge on any atom is -0.481 e. The van der Waals surface area contributed by atoms with E-state index in [0.717, 1.165) is 12.8 Å². The number of aliphatic carboxylic acids is 1. The number of fused-ring (bicyclic) bond motifs is 2. The van der Waals surface area contributed by atoms with Gasteiger partial charge in [-0.05, 0) is 33.1 Å². The van der Waals surface area contributed by atoms with Gasteiger partial charge in [0.15, 0.2) is 0 Å². The Morgan fingerprint density at radius 1 is 1.46 bits per heavy atom. The van der Waals surface area contributed by atoms with Crippen molar-refractivity contribution >= 4 is 5.97 Å². The molecule has 3 unspecified atom stereocenters. The Bertz CT molecular complexity index is 227. The summed E-state index contributed by atoms with van der Waals surface area (Å²) in [5.41, 5.74) is 0. The number of hydrogen-bond donors (Lipinski definition) is 1. The average molecular weight is 183 g/mol. The van der Waals surface area contributed by atoms with E-state index in [4.69, 9.17) is 5.11 Å². The zero-order valence-corrected chi connectivity index (χ0v) is 8.23. The van der Waals surface area contributed by atoms with Gasteiger partial charge in [-0.15, -0.1) is 0 Å². The largest absolute Gasteiger partial charge is 0.481 e. The van der Waals surface area contributed by atoms with Crippen LogP contribution in [0.15, 0.2) is 0 Å². The van der Waals surface area contributed by atoms with E-state index in [9.17, 15) is 4.79 Å². The van der Waals surface area contributed by atoms with E-state index in [0.29, 0.717) is 18.1 Å². The van der Waals surface area contributed by atoms with Crippen LogP contribution in [0.3, 0.4) is 0 Å². The van der Waals surface area contributed by atoms with Crippen LogP contribution in [0, 0.1) is 5.92 Å². The third-order valence-electron chi connectivity index (χ3n) is 3.50. The van der Waals surface area contributed by atoms with E-state index < -0.39 is 5.97 Å². The Kier molecular flexibility index (Phi) is 2.06. The number of carbonyl (C=O) groups is 1. The molecule has 3 atom stereocenters. The van der Waals surface area contributed by atoms with Crippen LogP contribution in [0.1, 0.15) is 33.1 Å². The molecular formula is C10H17NO2. The molecular weight excluding hydrogens is 166 g/mol. The maximum absolute atomic E-state index is 10.9. The van der Waals surface area contributed by atoms with Gasteiger partial charge in [0.05, 0.1) is 5.92 Å². The van der Waals surface area contributed by atoms with Crippen molar-refractivity contribution in [1.29, 1.82) is 0 Å². The second-order valence-electron chi connectivity index (χ2n) is 4.52. The fourth-order valence-electron chi connectivity index (χ4n) is 3.10. The lowest BCUT2D eigenvalue weighted by Crippen LogP contribution is -2.37. The summed E-state index contributed by atoms with van der Waals surface area (Å²) in [5.74, 6) is -0.695. The first-order chi connectivity index (χ1) is 6.11. The second kappa shape index (κ2) is 2.98. The lowest BCUT2D eigenvalue weighted by atomic mass is 9.89. The molecule has 2 rings (SSSR count). The van der Waals surface area contributed by atoms with Gasteiger partial charge in [0.25, 0.3) is 0 Å². The zero-order chi connectivity index (χ0) is 9.59. The number of carboxylic acids is 1. The Balaban J connectivity index is 2.15. The highest BCUT2D eigenvalue weighted by atomic mass is 16.4. The summed E-state index contributed by atoms with van der Waals surface area (Å²) in [6.45, 7) is 4.32. The van der Waals surface area contributed by atoms with Gasteiger partial charge < -0.3 is 5.11 Å². The van der Waals surface area contributed by atoms with Crippen molar-refractivity contribution in [1.82, 2.24) is 4.90 Å². The van der Waals surface area contributed by atoms with Gasteiger partial charge in [0.1, 0.15) is 0 Å². The van der Waals surface area contributed by atoms with Crippen LogP contribution in [-0.4, -0.2) is 34.1 Å². The van der Waals surface area contributed by atoms with E-state index in [2.05, 4.69) is 18.7 Å². The molecule has 1 N–H and O–H groups in total. The summed E-state index contributed by atoms with van der Waals surface area (Å²) in [6, 6.07) is 1.37. The van der Waals surface area contributed by atoms with Crippen molar-refractivity contribution in [2.24, 2.45) is 5.92 Å². The van der Waals surface area contributed by atoms with E-state index in [1.165, 1.54) is 6.42 Å². The lowest BCUT2D eigenvalue weighted by molar-refractivity contribution is -0.142. The molecule has 0 aromatic carbocycles. The number of rotatable bonds is 2. The van der Waals surface area contributed by atoms with Crippen molar-refractivity contribution in [3.8, 4) is 0 Å². The normalized spacial score (nSPS) is 38.8. The Morgan fingerprint density at radius 2 is 2.15 bits per heavy atom. The molecule has 13 heavy (non-hydrogen) atoms. The van der Waals surface area contributed by atoms with E-state index >= 15 is 0 Å². The summed E-state index contributed by atoms with van der Waals surface area (Å²) in [7, 11) is 0. The lowest BCUT2D eigenvalue weighted by Gasteiger charge is -2.26. The smallest absolute Gasteiger partial charge is 0.308 e. The van der Waals surface area contributed by atoms with E-state index in [1.807, 2.05) is 0 Å². The molecule has 0 saturated carbocycles. The average Bonchev–Trinajstić information content (AvgIpc) is 2.58. The van der Waals surface area contributed by atoms with Gasteiger partial charge >= 0.3 is 5.97 Å². The van der Waals surface area contributed by atoms with E-state index in [1.54, 1.807) is 0 Å². The SMILES string of the molecule is CC(C)N1C2CCC1C(C(=O)O)C2. The molecule has 0 aromatic heterocycles. The van der Waals surface area contributed by atoms with Crippen LogP contribution in [0.5, 0.6) is 0 Å². The topological polar surface area (TPSA) is 40.5 Å². The maximum atomic E-state index is 10.9. The predicted octanol–water partition coefficient (Wildman–Crippen LogP) is 1.33. The standard InChI is InChI=1S/C10H17NO2/c1-6(2)11-7-3-4-9(11)8(5-7)10(12)13/h6-9H,3-5H2,1-2H3,(H,12,13). The minimum absolute atomic E-state index is 0.0962. The van der Waals surface area contributed by atoms with Crippen LogP contribution >= 0.6 is 0 Å². The molecule has 2 aliphatic heterocycles. The second-order valence-corrected chi connectivity index (χ2v) is 4.52. The number of nitrogens with zero attached hydrogens (tertiary/aromatic N) is 1.